The van der Waals surface area contributed by atoms with Gasteiger partial charge in [0.1, 0.15) is 6.33 Å². The molecule has 1 saturated heterocycles. The van der Waals surface area contributed by atoms with Crippen molar-refractivity contribution in [1.29, 1.82) is 0 Å². The lowest BCUT2D eigenvalue weighted by molar-refractivity contribution is -0.113. The molecule has 1 fully saturated rings. The first-order valence-corrected chi connectivity index (χ1v) is 12.2. The molecular weight excluding hydrogens is 434 g/mol. The molecule has 3 aromatic rings. The van der Waals surface area contributed by atoms with Crippen LogP contribution in [0.25, 0.3) is 5.69 Å². The minimum Gasteiger partial charge on any atom is -0.339 e. The molecule has 8 heteroatoms. The number of amides is 2. The third-order valence-corrected chi connectivity index (χ3v) is 6.86. The quantitative estimate of drug-likeness (QED) is 0.515. The summed E-state index contributed by atoms with van der Waals surface area (Å²) in [5.41, 5.74) is 4.32. The van der Waals surface area contributed by atoms with E-state index in [4.69, 9.17) is 0 Å². The Bertz CT molecular complexity index is 1130. The fraction of sp³-hybridized carbons (Fsp3) is 0.360. The first-order chi connectivity index (χ1) is 15.9. The predicted molar refractivity (Wildman–Crippen MR) is 131 cm³/mol. The van der Waals surface area contributed by atoms with Crippen LogP contribution in [0.1, 0.15) is 54.1 Å². The van der Waals surface area contributed by atoms with Gasteiger partial charge < -0.3 is 10.2 Å². The molecule has 0 spiro atoms. The van der Waals surface area contributed by atoms with Crippen LogP contribution in [0, 0.1) is 6.92 Å². The number of nitrogens with one attached hydrogen (secondary N) is 1. The first-order valence-electron chi connectivity index (χ1n) is 11.3. The van der Waals surface area contributed by atoms with E-state index in [9.17, 15) is 9.59 Å². The third-order valence-electron chi connectivity index (χ3n) is 5.92. The molecule has 172 valence electrons. The summed E-state index contributed by atoms with van der Waals surface area (Å²) in [5, 5.41) is 11.8. The standard InChI is InChI=1S/C25H29N5O2S/c1-17(2)19-9-11-20(12-10-19)30-16-26-28-25(30)33-15-23(31)27-22-8-6-7-21(18(22)3)24(32)29-13-4-5-14-29/h6-12,16-17H,4-5,13-15H2,1-3H3,(H,27,31). The molecule has 2 aromatic carbocycles. The first kappa shape index (κ1) is 23.0. The molecule has 0 bridgehead atoms. The highest BCUT2D eigenvalue weighted by Gasteiger charge is 2.22. The molecule has 2 heterocycles. The molecule has 4 rings (SSSR count). The molecule has 0 radical (unpaired) electrons. The Morgan fingerprint density at radius 1 is 1.09 bits per heavy atom. The van der Waals surface area contributed by atoms with Crippen LogP contribution in [-0.4, -0.2) is 50.3 Å². The average molecular weight is 464 g/mol. The van der Waals surface area contributed by atoms with Crippen molar-refractivity contribution in [3.8, 4) is 5.69 Å². The number of thioether (sulfide) groups is 1. The van der Waals surface area contributed by atoms with E-state index in [0.717, 1.165) is 37.2 Å². The molecule has 0 atom stereocenters. The van der Waals surface area contributed by atoms with Crippen molar-refractivity contribution in [2.45, 2.75) is 44.7 Å². The van der Waals surface area contributed by atoms with Crippen molar-refractivity contribution in [2.75, 3.05) is 24.2 Å². The van der Waals surface area contributed by atoms with Crippen molar-refractivity contribution in [1.82, 2.24) is 19.7 Å². The van der Waals surface area contributed by atoms with Gasteiger partial charge in [0.2, 0.25) is 5.91 Å². The summed E-state index contributed by atoms with van der Waals surface area (Å²) >= 11 is 1.33. The molecule has 1 aliphatic heterocycles. The molecule has 33 heavy (non-hydrogen) atoms. The van der Waals surface area contributed by atoms with Crippen molar-refractivity contribution in [3.05, 3.63) is 65.5 Å². The summed E-state index contributed by atoms with van der Waals surface area (Å²) < 4.78 is 1.88. The van der Waals surface area contributed by atoms with Gasteiger partial charge in [-0.1, -0.05) is 43.8 Å². The zero-order valence-electron chi connectivity index (χ0n) is 19.2. The SMILES string of the molecule is Cc1c(NC(=O)CSc2nncn2-c2ccc(C(C)C)cc2)cccc1C(=O)N1CCCC1. The maximum Gasteiger partial charge on any atom is 0.254 e. The number of carbonyl (C=O) groups excluding carboxylic acids is 2. The van der Waals surface area contributed by atoms with Crippen LogP contribution < -0.4 is 5.32 Å². The van der Waals surface area contributed by atoms with Gasteiger partial charge in [-0.2, -0.15) is 0 Å². The summed E-state index contributed by atoms with van der Waals surface area (Å²) in [6, 6.07) is 13.7. The lowest BCUT2D eigenvalue weighted by Crippen LogP contribution is -2.28. The number of benzene rings is 2. The van der Waals surface area contributed by atoms with E-state index in [1.54, 1.807) is 6.33 Å². The Kier molecular flexibility index (Phi) is 7.13. The minimum atomic E-state index is -0.154. The van der Waals surface area contributed by atoms with Gasteiger partial charge in [0.05, 0.1) is 5.75 Å². The van der Waals surface area contributed by atoms with Crippen LogP contribution in [0.3, 0.4) is 0 Å². The van der Waals surface area contributed by atoms with Crippen LogP contribution in [0.5, 0.6) is 0 Å². The monoisotopic (exact) mass is 463 g/mol. The number of anilines is 1. The molecule has 0 saturated carbocycles. The van der Waals surface area contributed by atoms with Crippen LogP contribution in [-0.2, 0) is 4.79 Å². The second kappa shape index (κ2) is 10.2. The van der Waals surface area contributed by atoms with E-state index in [-0.39, 0.29) is 17.6 Å². The highest BCUT2D eigenvalue weighted by Crippen LogP contribution is 2.24. The van der Waals surface area contributed by atoms with E-state index in [1.165, 1.54) is 17.3 Å². The van der Waals surface area contributed by atoms with Crippen LogP contribution >= 0.6 is 11.8 Å². The van der Waals surface area contributed by atoms with Gasteiger partial charge in [0, 0.05) is 30.0 Å². The van der Waals surface area contributed by atoms with Gasteiger partial charge in [-0.3, -0.25) is 14.2 Å². The van der Waals surface area contributed by atoms with Crippen LogP contribution in [0.15, 0.2) is 53.9 Å². The number of rotatable bonds is 7. The van der Waals surface area contributed by atoms with E-state index in [1.807, 2.05) is 46.7 Å². The van der Waals surface area contributed by atoms with E-state index in [2.05, 4.69) is 41.5 Å². The predicted octanol–water partition coefficient (Wildman–Crippen LogP) is 4.67. The van der Waals surface area contributed by atoms with Gasteiger partial charge in [-0.05, 0) is 61.1 Å². The number of aromatic nitrogens is 3. The van der Waals surface area contributed by atoms with Crippen molar-refractivity contribution in [3.63, 3.8) is 0 Å². The Hall–Kier alpha value is -3.13. The zero-order valence-corrected chi connectivity index (χ0v) is 20.1. The van der Waals surface area contributed by atoms with E-state index in [0.29, 0.717) is 22.3 Å². The second-order valence-electron chi connectivity index (χ2n) is 8.54. The van der Waals surface area contributed by atoms with E-state index >= 15 is 0 Å². The van der Waals surface area contributed by atoms with Crippen molar-refractivity contribution >= 4 is 29.3 Å². The highest BCUT2D eigenvalue weighted by atomic mass is 32.2. The fourth-order valence-corrected chi connectivity index (χ4v) is 4.66. The Morgan fingerprint density at radius 2 is 1.82 bits per heavy atom. The number of nitrogens with zero attached hydrogens (tertiary/aromatic N) is 4. The third kappa shape index (κ3) is 5.27. The summed E-state index contributed by atoms with van der Waals surface area (Å²) in [7, 11) is 0. The van der Waals surface area contributed by atoms with Gasteiger partial charge in [-0.15, -0.1) is 10.2 Å². The topological polar surface area (TPSA) is 80.1 Å². The van der Waals surface area contributed by atoms with Gasteiger partial charge in [-0.25, -0.2) is 0 Å². The molecule has 7 nitrogen and oxygen atoms in total. The van der Waals surface area contributed by atoms with Crippen molar-refractivity contribution < 1.29 is 9.59 Å². The van der Waals surface area contributed by atoms with E-state index < -0.39 is 0 Å². The minimum absolute atomic E-state index is 0.0343. The number of likely N-dealkylation sites (tertiary alicyclic amines) is 1. The van der Waals surface area contributed by atoms with Crippen LogP contribution in [0.2, 0.25) is 0 Å². The number of hydrogen-bond donors (Lipinski definition) is 1. The normalized spacial score (nSPS) is 13.5. The maximum atomic E-state index is 12.8. The summed E-state index contributed by atoms with van der Waals surface area (Å²) in [4.78, 5) is 27.4. The van der Waals surface area contributed by atoms with Crippen LogP contribution in [0.4, 0.5) is 5.69 Å². The smallest absolute Gasteiger partial charge is 0.254 e. The Morgan fingerprint density at radius 3 is 2.52 bits per heavy atom. The fourth-order valence-electron chi connectivity index (χ4n) is 3.93. The lowest BCUT2D eigenvalue weighted by Gasteiger charge is -2.18. The number of hydrogen-bond acceptors (Lipinski definition) is 5. The van der Waals surface area contributed by atoms with Gasteiger partial charge in [0.15, 0.2) is 5.16 Å². The Labute approximate surface area is 198 Å². The van der Waals surface area contributed by atoms with Gasteiger partial charge in [0.25, 0.3) is 5.91 Å². The van der Waals surface area contributed by atoms with Crippen molar-refractivity contribution in [2.24, 2.45) is 0 Å². The molecule has 1 aliphatic rings. The molecular formula is C25H29N5O2S. The second-order valence-corrected chi connectivity index (χ2v) is 9.49. The maximum absolute atomic E-state index is 12.8. The van der Waals surface area contributed by atoms with Gasteiger partial charge >= 0.3 is 0 Å². The Balaban J connectivity index is 1.40. The molecule has 0 aliphatic carbocycles. The average Bonchev–Trinajstić information content (AvgIpc) is 3.51. The zero-order chi connectivity index (χ0) is 23.4. The summed E-state index contributed by atoms with van der Waals surface area (Å²) in [6.45, 7) is 7.79. The largest absolute Gasteiger partial charge is 0.339 e. The molecule has 2 amide bonds. The number of carbonyl (C=O) groups is 2. The highest BCUT2D eigenvalue weighted by molar-refractivity contribution is 7.99. The lowest BCUT2D eigenvalue weighted by atomic mass is 10.0. The summed E-state index contributed by atoms with van der Waals surface area (Å²) in [5.74, 6) is 0.530. The molecule has 1 aromatic heterocycles. The molecule has 1 N–H and O–H groups in total. The molecule has 0 unspecified atom stereocenters. The summed E-state index contributed by atoms with van der Waals surface area (Å²) in [6.07, 6.45) is 3.75.